The van der Waals surface area contributed by atoms with Gasteiger partial charge in [0, 0.05) is 28.9 Å². The number of nitrogens with zero attached hydrogens (tertiary/aromatic N) is 5. The van der Waals surface area contributed by atoms with E-state index >= 15 is 0 Å². The molecular weight excluding hydrogens is 410 g/mol. The lowest BCUT2D eigenvalue weighted by Crippen LogP contribution is -2.13. The van der Waals surface area contributed by atoms with E-state index in [1.54, 1.807) is 7.11 Å². The van der Waals surface area contributed by atoms with Crippen molar-refractivity contribution < 1.29 is 4.74 Å². The molecule has 33 heavy (non-hydrogen) atoms. The van der Waals surface area contributed by atoms with Gasteiger partial charge in [-0.05, 0) is 62.2 Å². The van der Waals surface area contributed by atoms with Gasteiger partial charge in [-0.1, -0.05) is 18.2 Å². The standard InChI is InChI=1S/C27H23N5O/c1-17-31-24-15-29-23-11-5-18(19-6-12-25(33-4)30-14-19)13-22(23)26(24)32(17)21-9-7-20(8-10-21)27(2,3)16-28/h5-15H,1-4H3. The number of hydrogen-bond donors (Lipinski definition) is 0. The quantitative estimate of drug-likeness (QED) is 0.360. The molecule has 0 aliphatic heterocycles. The number of hydrogen-bond acceptors (Lipinski definition) is 5. The molecular formula is C27H23N5O. The third-order valence-electron chi connectivity index (χ3n) is 6.06. The first-order valence-electron chi connectivity index (χ1n) is 10.7. The van der Waals surface area contributed by atoms with Crippen molar-refractivity contribution in [3.63, 3.8) is 0 Å². The lowest BCUT2D eigenvalue weighted by molar-refractivity contribution is 0.398. The topological polar surface area (TPSA) is 76.6 Å². The summed E-state index contributed by atoms with van der Waals surface area (Å²) in [5.74, 6) is 1.46. The zero-order valence-electron chi connectivity index (χ0n) is 19.0. The zero-order valence-corrected chi connectivity index (χ0v) is 19.0. The van der Waals surface area contributed by atoms with E-state index in [2.05, 4.69) is 32.7 Å². The molecule has 0 atom stereocenters. The number of fused-ring (bicyclic) bond motifs is 3. The predicted molar refractivity (Wildman–Crippen MR) is 130 cm³/mol. The number of aryl methyl sites for hydroxylation is 1. The molecule has 2 aromatic carbocycles. The Morgan fingerprint density at radius 2 is 1.67 bits per heavy atom. The number of rotatable bonds is 4. The summed E-state index contributed by atoms with van der Waals surface area (Å²) in [6, 6.07) is 20.6. The summed E-state index contributed by atoms with van der Waals surface area (Å²) in [4.78, 5) is 13.7. The van der Waals surface area contributed by atoms with Crippen molar-refractivity contribution in [1.82, 2.24) is 19.5 Å². The van der Waals surface area contributed by atoms with Crippen molar-refractivity contribution in [2.45, 2.75) is 26.2 Å². The fraction of sp³-hybridized carbons (Fsp3) is 0.185. The van der Waals surface area contributed by atoms with Crippen LogP contribution in [0.4, 0.5) is 0 Å². The van der Waals surface area contributed by atoms with Crippen LogP contribution in [0.25, 0.3) is 38.8 Å². The molecule has 0 unspecified atom stereocenters. The smallest absolute Gasteiger partial charge is 0.212 e. The normalized spacial score (nSPS) is 11.6. The van der Waals surface area contributed by atoms with Gasteiger partial charge in [-0.2, -0.15) is 5.26 Å². The maximum atomic E-state index is 9.47. The molecule has 0 saturated carbocycles. The molecule has 0 radical (unpaired) electrons. The maximum absolute atomic E-state index is 9.47. The van der Waals surface area contributed by atoms with E-state index in [-0.39, 0.29) is 0 Å². The van der Waals surface area contributed by atoms with E-state index in [0.717, 1.165) is 50.1 Å². The second-order valence-electron chi connectivity index (χ2n) is 8.59. The van der Waals surface area contributed by atoms with Crippen molar-refractivity contribution in [2.24, 2.45) is 0 Å². The highest BCUT2D eigenvalue weighted by atomic mass is 16.5. The van der Waals surface area contributed by atoms with Crippen LogP contribution in [0.15, 0.2) is 67.0 Å². The van der Waals surface area contributed by atoms with Crippen LogP contribution in [0.2, 0.25) is 0 Å². The molecule has 3 aromatic heterocycles. The Kier molecular flexibility index (Phi) is 4.83. The van der Waals surface area contributed by atoms with Crippen LogP contribution in [0, 0.1) is 18.3 Å². The summed E-state index contributed by atoms with van der Waals surface area (Å²) in [6.45, 7) is 5.85. The van der Waals surface area contributed by atoms with Gasteiger partial charge in [-0.3, -0.25) is 9.55 Å². The molecule has 0 aliphatic rings. The van der Waals surface area contributed by atoms with E-state index in [4.69, 9.17) is 9.72 Å². The van der Waals surface area contributed by atoms with Gasteiger partial charge in [-0.25, -0.2) is 9.97 Å². The highest BCUT2D eigenvalue weighted by Gasteiger charge is 2.20. The first-order chi connectivity index (χ1) is 15.9. The summed E-state index contributed by atoms with van der Waals surface area (Å²) >= 11 is 0. The minimum absolute atomic E-state index is 0.539. The van der Waals surface area contributed by atoms with Crippen LogP contribution in [-0.2, 0) is 5.41 Å². The molecule has 162 valence electrons. The molecule has 6 heteroatoms. The number of methoxy groups -OCH3 is 1. The molecule has 0 saturated heterocycles. The third-order valence-corrected chi connectivity index (χ3v) is 6.06. The van der Waals surface area contributed by atoms with E-state index < -0.39 is 5.41 Å². The summed E-state index contributed by atoms with van der Waals surface area (Å²) in [5.41, 5.74) is 6.23. The van der Waals surface area contributed by atoms with Gasteiger partial charge in [0.05, 0.1) is 35.8 Å². The average Bonchev–Trinajstić information content (AvgIpc) is 3.20. The number of imidazole rings is 1. The first-order valence-corrected chi connectivity index (χ1v) is 10.7. The molecule has 5 aromatic rings. The van der Waals surface area contributed by atoms with Gasteiger partial charge in [0.25, 0.3) is 0 Å². The SMILES string of the molecule is COc1ccc(-c2ccc3ncc4nc(C)n(-c5ccc(C(C)(C)C#N)cc5)c4c3c2)cn1. The molecule has 0 N–H and O–H groups in total. The molecule has 3 heterocycles. The molecule has 0 bridgehead atoms. The Hall–Kier alpha value is -4.24. The second-order valence-corrected chi connectivity index (χ2v) is 8.59. The zero-order chi connectivity index (χ0) is 23.2. The summed E-state index contributed by atoms with van der Waals surface area (Å²) in [7, 11) is 1.61. The molecule has 0 spiro atoms. The lowest BCUT2D eigenvalue weighted by atomic mass is 9.86. The summed E-state index contributed by atoms with van der Waals surface area (Å²) < 4.78 is 7.34. The van der Waals surface area contributed by atoms with Crippen LogP contribution in [0.5, 0.6) is 5.88 Å². The van der Waals surface area contributed by atoms with Gasteiger partial charge in [0.1, 0.15) is 11.3 Å². The van der Waals surface area contributed by atoms with Crippen molar-refractivity contribution in [2.75, 3.05) is 7.11 Å². The molecule has 0 fully saturated rings. The van der Waals surface area contributed by atoms with E-state index in [1.165, 1.54) is 0 Å². The minimum Gasteiger partial charge on any atom is -0.481 e. The van der Waals surface area contributed by atoms with Crippen LogP contribution in [-0.4, -0.2) is 26.6 Å². The second kappa shape index (κ2) is 7.72. The maximum Gasteiger partial charge on any atom is 0.212 e. The van der Waals surface area contributed by atoms with Crippen LogP contribution >= 0.6 is 0 Å². The number of aromatic nitrogens is 4. The van der Waals surface area contributed by atoms with E-state index in [9.17, 15) is 5.26 Å². The average molecular weight is 434 g/mol. The van der Waals surface area contributed by atoms with Crippen LogP contribution < -0.4 is 4.74 Å². The Labute approximate surface area is 192 Å². The highest BCUT2D eigenvalue weighted by Crippen LogP contribution is 2.32. The van der Waals surface area contributed by atoms with Crippen molar-refractivity contribution in [3.8, 4) is 28.8 Å². The van der Waals surface area contributed by atoms with Gasteiger partial charge < -0.3 is 4.74 Å². The van der Waals surface area contributed by atoms with Crippen molar-refractivity contribution in [1.29, 1.82) is 5.26 Å². The Bertz CT molecular complexity index is 1520. The van der Waals surface area contributed by atoms with Crippen LogP contribution in [0.1, 0.15) is 25.2 Å². The third kappa shape index (κ3) is 3.48. The van der Waals surface area contributed by atoms with E-state index in [1.807, 2.05) is 75.6 Å². The number of nitriles is 1. The predicted octanol–water partition coefficient (Wildman–Crippen LogP) is 5.75. The molecule has 6 nitrogen and oxygen atoms in total. The number of benzene rings is 2. The molecule has 0 aliphatic carbocycles. The van der Waals surface area contributed by atoms with Gasteiger partial charge >= 0.3 is 0 Å². The fourth-order valence-corrected chi connectivity index (χ4v) is 4.13. The summed E-state index contributed by atoms with van der Waals surface area (Å²) in [5, 5.41) is 10.5. The fourth-order valence-electron chi connectivity index (χ4n) is 4.13. The van der Waals surface area contributed by atoms with Gasteiger partial charge in [0.15, 0.2) is 0 Å². The monoisotopic (exact) mass is 433 g/mol. The molecule has 5 rings (SSSR count). The van der Waals surface area contributed by atoms with Crippen molar-refractivity contribution >= 4 is 21.9 Å². The first kappa shape index (κ1) is 20.7. The van der Waals surface area contributed by atoms with Crippen LogP contribution in [0.3, 0.4) is 0 Å². The van der Waals surface area contributed by atoms with Gasteiger partial charge in [0.2, 0.25) is 5.88 Å². The Morgan fingerprint density at radius 1 is 0.909 bits per heavy atom. The largest absolute Gasteiger partial charge is 0.481 e. The minimum atomic E-state index is -0.539. The molecule has 0 amide bonds. The number of pyridine rings is 2. The highest BCUT2D eigenvalue weighted by molar-refractivity contribution is 6.04. The summed E-state index contributed by atoms with van der Waals surface area (Å²) in [6.07, 6.45) is 3.63. The van der Waals surface area contributed by atoms with Gasteiger partial charge in [-0.15, -0.1) is 0 Å². The number of ether oxygens (including phenoxy) is 1. The Balaban J connectivity index is 1.70. The lowest BCUT2D eigenvalue weighted by Gasteiger charge is -2.17. The van der Waals surface area contributed by atoms with E-state index in [0.29, 0.717) is 5.88 Å². The Morgan fingerprint density at radius 3 is 2.33 bits per heavy atom. The van der Waals surface area contributed by atoms with Crippen molar-refractivity contribution in [3.05, 3.63) is 78.4 Å².